The van der Waals surface area contributed by atoms with Crippen LogP contribution >= 0.6 is 0 Å². The second-order valence-corrected chi connectivity index (χ2v) is 16.4. The van der Waals surface area contributed by atoms with E-state index in [4.69, 9.17) is 18.6 Å². The van der Waals surface area contributed by atoms with Crippen molar-refractivity contribution in [1.29, 1.82) is 0 Å². The van der Waals surface area contributed by atoms with Gasteiger partial charge in [0.15, 0.2) is 6.29 Å². The van der Waals surface area contributed by atoms with Crippen LogP contribution in [-0.4, -0.2) is 55.8 Å². The van der Waals surface area contributed by atoms with Crippen LogP contribution in [0.15, 0.2) is 121 Å². The molecule has 0 aromatic heterocycles. The molecule has 0 spiro atoms. The normalized spacial score (nSPS) is 22.8. The van der Waals surface area contributed by atoms with Crippen LogP contribution in [0.3, 0.4) is 0 Å². The van der Waals surface area contributed by atoms with Crippen LogP contribution in [0.1, 0.15) is 31.9 Å². The van der Waals surface area contributed by atoms with Crippen molar-refractivity contribution >= 4 is 18.7 Å². The Balaban J connectivity index is 1.48. The van der Waals surface area contributed by atoms with Crippen molar-refractivity contribution in [2.24, 2.45) is 0 Å². The van der Waals surface area contributed by atoms with Crippen LogP contribution < -0.4 is 10.4 Å². The van der Waals surface area contributed by atoms with E-state index in [2.05, 4.69) is 45.0 Å². The second kappa shape index (κ2) is 14.1. The highest BCUT2D eigenvalue weighted by atomic mass is 28.4. The first-order chi connectivity index (χ1) is 20.8. The molecule has 4 aromatic rings. The minimum absolute atomic E-state index is 0.141. The lowest BCUT2D eigenvalue weighted by Gasteiger charge is -2.46. The molecule has 7 heteroatoms. The van der Waals surface area contributed by atoms with Crippen molar-refractivity contribution in [3.05, 3.63) is 132 Å². The molecule has 6 nitrogen and oxygen atoms in total. The topological polar surface area (TPSA) is 77.4 Å². The third kappa shape index (κ3) is 7.16. The van der Waals surface area contributed by atoms with Crippen molar-refractivity contribution < 1.29 is 28.8 Å². The standard InChI is InChI=1S/C36H42O6Si/c1-36(2,3)43(29-20-12-6-13-21-29,30-22-14-7-15-23-30)41-26-31-33(39-24-27-16-8-4-9-17-27)34(32(37)35(38)42-31)40-25-28-18-10-5-11-19-28/h4-23,31-35,37-38H,24-26H2,1-3H3/t31?,32?,33-,34-,35-/m1/s1. The molecule has 5 rings (SSSR count). The lowest BCUT2D eigenvalue weighted by Crippen LogP contribution is -2.68. The van der Waals surface area contributed by atoms with Crippen molar-refractivity contribution in [3.8, 4) is 0 Å². The SMILES string of the molecule is CC(C)(C)[Si](OCC1O[C@@H](O)C(O)[C@@H](OCc2ccccc2)[C@@H]1OCc1ccccc1)(c1ccccc1)c1ccccc1. The van der Waals surface area contributed by atoms with Crippen molar-refractivity contribution in [2.75, 3.05) is 6.61 Å². The fraction of sp³-hybridized carbons (Fsp3) is 0.333. The Morgan fingerprint density at radius 3 is 1.49 bits per heavy atom. The molecule has 1 fully saturated rings. The first-order valence-corrected chi connectivity index (χ1v) is 16.8. The molecule has 1 aliphatic heterocycles. The molecule has 5 atom stereocenters. The number of rotatable bonds is 11. The Labute approximate surface area is 256 Å². The number of hydrogen-bond acceptors (Lipinski definition) is 6. The average molecular weight is 599 g/mol. The summed E-state index contributed by atoms with van der Waals surface area (Å²) < 4.78 is 26.0. The summed E-state index contributed by atoms with van der Waals surface area (Å²) in [5, 5.41) is 24.0. The van der Waals surface area contributed by atoms with E-state index < -0.39 is 39.0 Å². The zero-order chi connectivity index (χ0) is 30.3. The maximum Gasteiger partial charge on any atom is 0.261 e. The van der Waals surface area contributed by atoms with E-state index in [1.807, 2.05) is 97.1 Å². The van der Waals surface area contributed by atoms with Gasteiger partial charge in [-0.25, -0.2) is 0 Å². The van der Waals surface area contributed by atoms with Crippen LogP contribution in [0.4, 0.5) is 0 Å². The van der Waals surface area contributed by atoms with Gasteiger partial charge in [0.1, 0.15) is 24.4 Å². The molecule has 0 aliphatic carbocycles. The zero-order valence-corrected chi connectivity index (χ0v) is 26.1. The molecule has 2 N–H and O–H groups in total. The molecule has 226 valence electrons. The highest BCUT2D eigenvalue weighted by Crippen LogP contribution is 2.38. The molecule has 1 heterocycles. The van der Waals surface area contributed by atoms with Crippen molar-refractivity contribution in [3.63, 3.8) is 0 Å². The zero-order valence-electron chi connectivity index (χ0n) is 25.1. The van der Waals surface area contributed by atoms with Crippen molar-refractivity contribution in [2.45, 2.75) is 69.7 Å². The maximum absolute atomic E-state index is 11.1. The average Bonchev–Trinajstić information content (AvgIpc) is 3.03. The Hall–Kier alpha value is -3.14. The smallest absolute Gasteiger partial charge is 0.261 e. The highest BCUT2D eigenvalue weighted by molar-refractivity contribution is 6.99. The molecule has 43 heavy (non-hydrogen) atoms. The van der Waals surface area contributed by atoms with Crippen molar-refractivity contribution in [1.82, 2.24) is 0 Å². The maximum atomic E-state index is 11.1. The number of aliphatic hydroxyl groups excluding tert-OH is 2. The van der Waals surface area contributed by atoms with Crippen LogP contribution in [0, 0.1) is 0 Å². The van der Waals surface area contributed by atoms with Gasteiger partial charge in [-0.3, -0.25) is 0 Å². The molecule has 2 unspecified atom stereocenters. The Morgan fingerprint density at radius 2 is 1.05 bits per heavy atom. The fourth-order valence-corrected chi connectivity index (χ4v) is 10.5. The Morgan fingerprint density at radius 1 is 0.628 bits per heavy atom. The predicted molar refractivity (Wildman–Crippen MR) is 170 cm³/mol. The van der Waals surface area contributed by atoms with Gasteiger partial charge in [0, 0.05) is 0 Å². The van der Waals surface area contributed by atoms with Gasteiger partial charge in [-0.1, -0.05) is 142 Å². The fourth-order valence-electron chi connectivity index (χ4n) is 5.94. The molecule has 0 radical (unpaired) electrons. The predicted octanol–water partition coefficient (Wildman–Crippen LogP) is 4.81. The highest BCUT2D eigenvalue weighted by Gasteiger charge is 2.52. The number of ether oxygens (including phenoxy) is 3. The Bertz CT molecular complexity index is 1340. The summed E-state index contributed by atoms with van der Waals surface area (Å²) in [6.45, 7) is 7.33. The summed E-state index contributed by atoms with van der Waals surface area (Å²) in [6.07, 6.45) is -5.01. The van der Waals surface area contributed by atoms with Gasteiger partial charge in [0.2, 0.25) is 0 Å². The first kappa shape index (κ1) is 31.3. The lowest BCUT2D eigenvalue weighted by atomic mass is 9.98. The van der Waals surface area contributed by atoms with E-state index in [1.54, 1.807) is 0 Å². The van der Waals surface area contributed by atoms with Crippen LogP contribution in [0.2, 0.25) is 5.04 Å². The quantitative estimate of drug-likeness (QED) is 0.241. The van der Waals surface area contributed by atoms with Gasteiger partial charge in [0.05, 0.1) is 19.8 Å². The summed E-state index contributed by atoms with van der Waals surface area (Å²) in [5.41, 5.74) is 1.94. The summed E-state index contributed by atoms with van der Waals surface area (Å²) >= 11 is 0. The van der Waals surface area contributed by atoms with Gasteiger partial charge in [-0.15, -0.1) is 0 Å². The number of benzene rings is 4. The monoisotopic (exact) mass is 598 g/mol. The molecule has 0 saturated carbocycles. The summed E-state index contributed by atoms with van der Waals surface area (Å²) in [6, 6.07) is 40.4. The van der Waals surface area contributed by atoms with E-state index in [1.165, 1.54) is 0 Å². The van der Waals surface area contributed by atoms with Gasteiger partial charge in [0.25, 0.3) is 8.32 Å². The lowest BCUT2D eigenvalue weighted by molar-refractivity contribution is -0.304. The molecule has 1 aliphatic rings. The largest absolute Gasteiger partial charge is 0.405 e. The first-order valence-electron chi connectivity index (χ1n) is 14.9. The Kier molecular flexibility index (Phi) is 10.3. The minimum Gasteiger partial charge on any atom is -0.405 e. The van der Waals surface area contributed by atoms with Gasteiger partial charge in [-0.05, 0) is 26.5 Å². The van der Waals surface area contributed by atoms with E-state index in [0.717, 1.165) is 21.5 Å². The van der Waals surface area contributed by atoms with Crippen LogP contribution in [0.5, 0.6) is 0 Å². The van der Waals surface area contributed by atoms with Crippen LogP contribution in [0.25, 0.3) is 0 Å². The minimum atomic E-state index is -2.90. The third-order valence-electron chi connectivity index (χ3n) is 8.08. The third-order valence-corrected chi connectivity index (χ3v) is 13.1. The second-order valence-electron chi connectivity index (χ2n) is 12.1. The summed E-state index contributed by atoms with van der Waals surface area (Å²) in [7, 11) is -2.90. The van der Waals surface area contributed by atoms with Crippen LogP contribution in [-0.2, 0) is 31.9 Å². The molecule has 1 saturated heterocycles. The molecule has 0 bridgehead atoms. The van der Waals surface area contributed by atoms with E-state index in [9.17, 15) is 10.2 Å². The number of hydrogen-bond donors (Lipinski definition) is 2. The van der Waals surface area contributed by atoms with E-state index >= 15 is 0 Å². The van der Waals surface area contributed by atoms with Gasteiger partial charge < -0.3 is 28.8 Å². The molecule has 4 aromatic carbocycles. The summed E-state index contributed by atoms with van der Waals surface area (Å²) in [5.74, 6) is 0. The molecular formula is C36H42O6Si. The summed E-state index contributed by atoms with van der Waals surface area (Å²) in [4.78, 5) is 0. The van der Waals surface area contributed by atoms with E-state index in [0.29, 0.717) is 6.61 Å². The van der Waals surface area contributed by atoms with Gasteiger partial charge >= 0.3 is 0 Å². The number of aliphatic hydroxyl groups is 2. The molecular weight excluding hydrogens is 556 g/mol. The molecule has 0 amide bonds. The van der Waals surface area contributed by atoms with Gasteiger partial charge in [-0.2, -0.15) is 0 Å². The van der Waals surface area contributed by atoms with E-state index in [-0.39, 0.29) is 18.3 Å².